The van der Waals surface area contributed by atoms with Gasteiger partial charge in [0, 0.05) is 18.7 Å². The first-order chi connectivity index (χ1) is 7.18. The number of hydrogen-bond acceptors (Lipinski definition) is 2. The first-order valence-corrected chi connectivity index (χ1v) is 5.80. The first kappa shape index (κ1) is 10.3. The van der Waals surface area contributed by atoms with E-state index in [4.69, 9.17) is 4.55 Å². The Morgan fingerprint density at radius 1 is 1.27 bits per heavy atom. The lowest BCUT2D eigenvalue weighted by Gasteiger charge is -2.15. The van der Waals surface area contributed by atoms with Crippen molar-refractivity contribution in [3.8, 4) is 0 Å². The molecule has 1 aliphatic rings. The Hall–Kier alpha value is -1.20. The smallest absolute Gasteiger partial charge is 0.227 e. The Bertz CT molecular complexity index is 402. The third kappa shape index (κ3) is 2.08. The van der Waals surface area contributed by atoms with Crippen molar-refractivity contribution in [2.45, 2.75) is 17.7 Å². The summed E-state index contributed by atoms with van der Waals surface area (Å²) in [6.07, 6.45) is 1.47. The molecule has 1 fully saturated rings. The highest BCUT2D eigenvalue weighted by Gasteiger charge is 2.21. The third-order valence-corrected chi connectivity index (χ3v) is 3.10. The van der Waals surface area contributed by atoms with Crippen LogP contribution in [-0.4, -0.2) is 21.2 Å². The maximum absolute atomic E-state index is 11.4. The molecule has 0 aliphatic carbocycles. The molecule has 1 atom stereocenters. The van der Waals surface area contributed by atoms with Crippen molar-refractivity contribution < 1.29 is 13.6 Å². The topological polar surface area (TPSA) is 57.6 Å². The van der Waals surface area contributed by atoms with Crippen molar-refractivity contribution in [3.63, 3.8) is 0 Å². The van der Waals surface area contributed by atoms with Crippen LogP contribution in [0.15, 0.2) is 29.2 Å². The molecule has 0 aromatic heterocycles. The van der Waals surface area contributed by atoms with Crippen LogP contribution in [0.4, 0.5) is 5.69 Å². The second kappa shape index (κ2) is 4.12. The summed E-state index contributed by atoms with van der Waals surface area (Å²) in [5, 5.41) is 0. The van der Waals surface area contributed by atoms with Gasteiger partial charge in [-0.2, -0.15) is 0 Å². The lowest BCUT2D eigenvalue weighted by atomic mass is 10.3. The monoisotopic (exact) mass is 225 g/mol. The van der Waals surface area contributed by atoms with Crippen LogP contribution in [0.25, 0.3) is 0 Å². The summed E-state index contributed by atoms with van der Waals surface area (Å²) in [7, 11) is 0. The van der Waals surface area contributed by atoms with Crippen LogP contribution in [0.1, 0.15) is 12.8 Å². The zero-order valence-corrected chi connectivity index (χ0v) is 8.87. The zero-order chi connectivity index (χ0) is 10.8. The standard InChI is InChI=1S/C10H11NO3S/c12-10-2-1-7-11(10)8-3-5-9(6-4-8)15(13)14/h3-6H,1-2,7H2,(H,13,14). The molecule has 0 radical (unpaired) electrons. The van der Waals surface area contributed by atoms with Crippen LogP contribution in [0.2, 0.25) is 0 Å². The number of anilines is 1. The van der Waals surface area contributed by atoms with Crippen molar-refractivity contribution in [3.05, 3.63) is 24.3 Å². The van der Waals surface area contributed by atoms with Gasteiger partial charge in [-0.25, -0.2) is 4.21 Å². The van der Waals surface area contributed by atoms with Gasteiger partial charge in [-0.15, -0.1) is 0 Å². The summed E-state index contributed by atoms with van der Waals surface area (Å²) >= 11 is -1.95. The molecular weight excluding hydrogens is 214 g/mol. The molecule has 15 heavy (non-hydrogen) atoms. The molecule has 1 aliphatic heterocycles. The average Bonchev–Trinajstić information content (AvgIpc) is 2.65. The highest BCUT2D eigenvalue weighted by atomic mass is 32.2. The van der Waals surface area contributed by atoms with E-state index in [0.717, 1.165) is 18.7 Å². The minimum Gasteiger partial charge on any atom is -0.312 e. The lowest BCUT2D eigenvalue weighted by Crippen LogP contribution is -2.23. The Morgan fingerprint density at radius 3 is 2.40 bits per heavy atom. The van der Waals surface area contributed by atoms with Gasteiger partial charge in [-0.1, -0.05) is 0 Å². The Morgan fingerprint density at radius 2 is 1.93 bits per heavy atom. The summed E-state index contributed by atoms with van der Waals surface area (Å²) < 4.78 is 19.6. The van der Waals surface area contributed by atoms with Gasteiger partial charge in [0.1, 0.15) is 0 Å². The Labute approximate surface area is 90.2 Å². The number of nitrogens with zero attached hydrogens (tertiary/aromatic N) is 1. The Kier molecular flexibility index (Phi) is 2.83. The van der Waals surface area contributed by atoms with Crippen molar-refractivity contribution in [1.29, 1.82) is 0 Å². The molecule has 1 aromatic rings. The molecule has 1 N–H and O–H groups in total. The number of rotatable bonds is 2. The molecule has 5 heteroatoms. The van der Waals surface area contributed by atoms with E-state index in [1.54, 1.807) is 29.2 Å². The van der Waals surface area contributed by atoms with Gasteiger partial charge in [0.25, 0.3) is 0 Å². The number of benzene rings is 1. The summed E-state index contributed by atoms with van der Waals surface area (Å²) in [5.74, 6) is 0.118. The molecule has 80 valence electrons. The normalized spacial score (nSPS) is 18.2. The van der Waals surface area contributed by atoms with Crippen LogP contribution in [0, 0.1) is 0 Å². The fraction of sp³-hybridized carbons (Fsp3) is 0.300. The lowest BCUT2D eigenvalue weighted by molar-refractivity contribution is -0.117. The fourth-order valence-corrected chi connectivity index (χ4v) is 2.03. The number of carbonyl (C=O) groups is 1. The minimum absolute atomic E-state index is 0.118. The summed E-state index contributed by atoms with van der Waals surface area (Å²) in [5.41, 5.74) is 0.798. The molecule has 0 bridgehead atoms. The van der Waals surface area contributed by atoms with Gasteiger partial charge < -0.3 is 9.45 Å². The van der Waals surface area contributed by atoms with Crippen molar-refractivity contribution in [2.75, 3.05) is 11.4 Å². The number of hydrogen-bond donors (Lipinski definition) is 1. The van der Waals surface area contributed by atoms with Crippen LogP contribution >= 0.6 is 0 Å². The maximum Gasteiger partial charge on any atom is 0.227 e. The molecule has 4 nitrogen and oxygen atoms in total. The van der Waals surface area contributed by atoms with Crippen molar-refractivity contribution in [2.24, 2.45) is 0 Å². The van der Waals surface area contributed by atoms with Gasteiger partial charge in [-0.05, 0) is 30.7 Å². The SMILES string of the molecule is O=C1CCCN1c1ccc(S(=O)O)cc1. The molecule has 0 saturated carbocycles. The second-order valence-electron chi connectivity index (χ2n) is 3.39. The van der Waals surface area contributed by atoms with Gasteiger partial charge in [0.15, 0.2) is 11.1 Å². The Balaban J connectivity index is 2.23. The van der Waals surface area contributed by atoms with Gasteiger partial charge >= 0.3 is 0 Å². The van der Waals surface area contributed by atoms with Gasteiger partial charge in [0.05, 0.1) is 4.90 Å². The fourth-order valence-electron chi connectivity index (χ4n) is 1.66. The first-order valence-electron chi connectivity index (χ1n) is 4.70. The summed E-state index contributed by atoms with van der Waals surface area (Å²) in [6.45, 7) is 0.737. The van der Waals surface area contributed by atoms with Crippen molar-refractivity contribution >= 4 is 22.7 Å². The summed E-state index contributed by atoms with van der Waals surface area (Å²) in [6, 6.07) is 6.54. The third-order valence-electron chi connectivity index (χ3n) is 2.42. The molecule has 1 aromatic carbocycles. The predicted octanol–water partition coefficient (Wildman–Crippen LogP) is 1.39. The van der Waals surface area contributed by atoms with E-state index < -0.39 is 11.1 Å². The van der Waals surface area contributed by atoms with E-state index in [-0.39, 0.29) is 5.91 Å². The molecule has 1 heterocycles. The highest BCUT2D eigenvalue weighted by Crippen LogP contribution is 2.22. The highest BCUT2D eigenvalue weighted by molar-refractivity contribution is 7.79. The van der Waals surface area contributed by atoms with Crippen LogP contribution < -0.4 is 4.90 Å². The van der Waals surface area contributed by atoms with Crippen molar-refractivity contribution in [1.82, 2.24) is 0 Å². The second-order valence-corrected chi connectivity index (χ2v) is 4.36. The van der Waals surface area contributed by atoms with Crippen LogP contribution in [-0.2, 0) is 15.9 Å². The summed E-state index contributed by atoms with van der Waals surface area (Å²) in [4.78, 5) is 13.5. The number of amides is 1. The van der Waals surface area contributed by atoms with E-state index in [1.165, 1.54) is 0 Å². The molecule has 1 amide bonds. The van der Waals surface area contributed by atoms with Crippen LogP contribution in [0.3, 0.4) is 0 Å². The zero-order valence-electron chi connectivity index (χ0n) is 8.05. The van der Waals surface area contributed by atoms with Gasteiger partial charge in [-0.3, -0.25) is 4.79 Å². The van der Waals surface area contributed by atoms with Gasteiger partial charge in [0.2, 0.25) is 5.91 Å². The quantitative estimate of drug-likeness (QED) is 0.774. The van der Waals surface area contributed by atoms with E-state index in [2.05, 4.69) is 0 Å². The molecule has 1 unspecified atom stereocenters. The largest absolute Gasteiger partial charge is 0.312 e. The molecule has 2 rings (SSSR count). The van der Waals surface area contributed by atoms with E-state index in [9.17, 15) is 9.00 Å². The van der Waals surface area contributed by atoms with E-state index in [0.29, 0.717) is 11.3 Å². The minimum atomic E-state index is -1.95. The molecule has 1 saturated heterocycles. The molecular formula is C10H11NO3S. The predicted molar refractivity (Wildman–Crippen MR) is 57.1 cm³/mol. The number of carbonyl (C=O) groups excluding carboxylic acids is 1. The van der Waals surface area contributed by atoms with E-state index >= 15 is 0 Å². The maximum atomic E-state index is 11.4. The average molecular weight is 225 g/mol. The van der Waals surface area contributed by atoms with E-state index in [1.807, 2.05) is 0 Å². The molecule has 0 spiro atoms. The van der Waals surface area contributed by atoms with Crippen LogP contribution in [0.5, 0.6) is 0 Å².